The lowest BCUT2D eigenvalue weighted by molar-refractivity contribution is -0.272. The van der Waals surface area contributed by atoms with Crippen molar-refractivity contribution in [3.63, 3.8) is 0 Å². The van der Waals surface area contributed by atoms with Crippen LogP contribution in [0.3, 0.4) is 0 Å². The number of hydrogen-bond donors (Lipinski definition) is 1. The molecule has 0 saturated carbocycles. The molecule has 0 bridgehead atoms. The van der Waals surface area contributed by atoms with E-state index in [4.69, 9.17) is 22.4 Å². The van der Waals surface area contributed by atoms with Crippen LogP contribution in [0.25, 0.3) is 0 Å². The van der Waals surface area contributed by atoms with Crippen molar-refractivity contribution in [1.29, 1.82) is 0 Å². The molecule has 0 aromatic carbocycles. The number of nitrogens with zero attached hydrogens (tertiary/aromatic N) is 1. The number of aromatic nitrogens is 2. The van der Waals surface area contributed by atoms with Crippen LogP contribution in [-0.4, -0.2) is 45.5 Å². The van der Waals surface area contributed by atoms with Gasteiger partial charge in [0, 0.05) is 6.07 Å². The highest BCUT2D eigenvalue weighted by Crippen LogP contribution is 2.50. The van der Waals surface area contributed by atoms with Crippen molar-refractivity contribution in [3.8, 4) is 0 Å². The van der Waals surface area contributed by atoms with E-state index in [2.05, 4.69) is 60.4 Å². The molecular formula is C22H38N2O7Si2. The van der Waals surface area contributed by atoms with Gasteiger partial charge in [0.05, 0.1) is 31.4 Å². The van der Waals surface area contributed by atoms with E-state index in [0.717, 1.165) is 0 Å². The van der Waals surface area contributed by atoms with Crippen molar-refractivity contribution >= 4 is 17.1 Å². The van der Waals surface area contributed by atoms with Gasteiger partial charge in [0.1, 0.15) is 6.10 Å². The van der Waals surface area contributed by atoms with E-state index in [-0.39, 0.29) is 34.9 Å². The second-order valence-electron chi connectivity index (χ2n) is 10.8. The summed E-state index contributed by atoms with van der Waals surface area (Å²) in [6.45, 7) is 17.8. The van der Waals surface area contributed by atoms with E-state index in [1.807, 2.05) is 0 Å². The Morgan fingerprint density at radius 1 is 0.970 bits per heavy atom. The summed E-state index contributed by atoms with van der Waals surface area (Å²) < 4.78 is 34.9. The molecule has 186 valence electrons. The minimum absolute atomic E-state index is 0.129. The van der Waals surface area contributed by atoms with E-state index in [1.165, 1.54) is 10.6 Å². The monoisotopic (exact) mass is 498 g/mol. The highest BCUT2D eigenvalue weighted by molar-refractivity contribution is 6.83. The summed E-state index contributed by atoms with van der Waals surface area (Å²) in [6, 6.07) is 1.39. The Bertz CT molecular complexity index is 989. The first-order valence-electron chi connectivity index (χ1n) is 12.1. The first kappa shape index (κ1) is 25.0. The zero-order chi connectivity index (χ0) is 24.3. The molecule has 2 fully saturated rings. The first-order chi connectivity index (χ1) is 15.4. The van der Waals surface area contributed by atoms with Gasteiger partial charge in [-0.3, -0.25) is 9.78 Å². The van der Waals surface area contributed by atoms with Crippen molar-refractivity contribution in [1.82, 2.24) is 9.55 Å². The zero-order valence-electron chi connectivity index (χ0n) is 21.0. The molecule has 0 radical (unpaired) electrons. The highest BCUT2D eigenvalue weighted by Gasteiger charge is 2.63. The van der Waals surface area contributed by atoms with Crippen LogP contribution in [-0.2, 0) is 35.0 Å². The SMILES string of the molecule is CC(C)[Si]1(C(C)C)OC[C@H]2O[C@@]3(C[C@@H]2O[Si](C(C)C)(C(C)C)O1)OCc1cc(=O)[nH]c(=O)n13. The maximum absolute atomic E-state index is 12.7. The molecule has 1 aromatic heterocycles. The lowest BCUT2D eigenvalue weighted by Crippen LogP contribution is -2.65. The molecule has 3 aliphatic rings. The Labute approximate surface area is 197 Å². The number of ether oxygens (including phenoxy) is 2. The smallest absolute Gasteiger partial charge is 0.335 e. The Morgan fingerprint density at radius 2 is 1.58 bits per heavy atom. The average molecular weight is 499 g/mol. The van der Waals surface area contributed by atoms with Gasteiger partial charge in [-0.2, -0.15) is 0 Å². The summed E-state index contributed by atoms with van der Waals surface area (Å²) in [5, 5.41) is 0. The van der Waals surface area contributed by atoms with Gasteiger partial charge in [-0.05, 0) is 22.2 Å². The Morgan fingerprint density at radius 3 is 2.15 bits per heavy atom. The van der Waals surface area contributed by atoms with E-state index >= 15 is 0 Å². The Balaban J connectivity index is 1.79. The molecular weight excluding hydrogens is 460 g/mol. The zero-order valence-corrected chi connectivity index (χ0v) is 23.0. The summed E-state index contributed by atoms with van der Waals surface area (Å²) >= 11 is 0. The topological polar surface area (TPSA) is 101 Å². The largest absolute Gasteiger partial charge is 0.414 e. The molecule has 3 atom stereocenters. The van der Waals surface area contributed by atoms with Crippen molar-refractivity contribution in [3.05, 3.63) is 32.6 Å². The van der Waals surface area contributed by atoms with E-state index < -0.39 is 40.4 Å². The van der Waals surface area contributed by atoms with Crippen molar-refractivity contribution in [2.75, 3.05) is 6.61 Å². The second kappa shape index (κ2) is 8.54. The highest BCUT2D eigenvalue weighted by atomic mass is 28.5. The van der Waals surface area contributed by atoms with E-state index in [9.17, 15) is 9.59 Å². The molecule has 1 aromatic rings. The minimum Gasteiger partial charge on any atom is -0.414 e. The fourth-order valence-corrected chi connectivity index (χ4v) is 16.9. The number of H-pyrrole nitrogens is 1. The van der Waals surface area contributed by atoms with Crippen LogP contribution < -0.4 is 11.2 Å². The predicted molar refractivity (Wildman–Crippen MR) is 127 cm³/mol. The molecule has 11 heteroatoms. The minimum atomic E-state index is -2.79. The van der Waals surface area contributed by atoms with E-state index in [1.54, 1.807) is 0 Å². The fourth-order valence-electron chi connectivity index (χ4n) is 5.68. The predicted octanol–water partition coefficient (Wildman–Crippen LogP) is 3.42. The van der Waals surface area contributed by atoms with Crippen LogP contribution in [0.5, 0.6) is 0 Å². The van der Waals surface area contributed by atoms with Crippen LogP contribution in [0.4, 0.5) is 0 Å². The number of rotatable bonds is 4. The summed E-state index contributed by atoms with van der Waals surface area (Å²) in [4.78, 5) is 26.9. The molecule has 0 amide bonds. The van der Waals surface area contributed by atoms with Gasteiger partial charge in [0.2, 0.25) is 0 Å². The second-order valence-corrected chi connectivity index (χ2v) is 19.6. The summed E-state index contributed by atoms with van der Waals surface area (Å²) in [5.41, 5.74) is 0.361. The van der Waals surface area contributed by atoms with Crippen LogP contribution in [0, 0.1) is 0 Å². The van der Waals surface area contributed by atoms with Crippen molar-refractivity contribution in [2.45, 2.75) is 109 Å². The first-order valence-corrected chi connectivity index (χ1v) is 16.0. The van der Waals surface area contributed by atoms with Crippen LogP contribution in [0.1, 0.15) is 67.5 Å². The Hall–Kier alpha value is -1.09. The third kappa shape index (κ3) is 3.85. The maximum Gasteiger partial charge on any atom is 0.335 e. The molecule has 4 rings (SSSR count). The van der Waals surface area contributed by atoms with Gasteiger partial charge >= 0.3 is 22.8 Å². The van der Waals surface area contributed by atoms with E-state index in [0.29, 0.717) is 18.7 Å². The van der Waals surface area contributed by atoms with Gasteiger partial charge in [-0.15, -0.1) is 0 Å². The van der Waals surface area contributed by atoms with Crippen LogP contribution >= 0.6 is 0 Å². The lowest BCUT2D eigenvalue weighted by Gasteiger charge is -2.51. The third-order valence-electron chi connectivity index (χ3n) is 7.36. The molecule has 1 spiro atoms. The normalized spacial score (nSPS) is 30.8. The van der Waals surface area contributed by atoms with Gasteiger partial charge in [-0.1, -0.05) is 55.4 Å². The van der Waals surface area contributed by atoms with Gasteiger partial charge in [0.15, 0.2) is 0 Å². The quantitative estimate of drug-likeness (QED) is 0.635. The lowest BCUT2D eigenvalue weighted by atomic mass is 10.2. The van der Waals surface area contributed by atoms with Gasteiger partial charge in [-0.25, -0.2) is 9.36 Å². The number of fused-ring (bicyclic) bond motifs is 3. The molecule has 4 heterocycles. The molecule has 1 N–H and O–H groups in total. The standard InChI is InChI=1S/C22H38N2O7Si2/c1-13(2)32(14(3)4)28-12-19-18(30-33(31-32,15(5)6)16(7)8)10-22(29-19)24-17(11-27-22)9-20(25)23-21(24)26/h9,13-16,18-19H,10-12H2,1-8H3,(H,23,25,26)/t18-,19+,22+/m0/s1. The van der Waals surface area contributed by atoms with Crippen LogP contribution in [0.2, 0.25) is 22.2 Å². The van der Waals surface area contributed by atoms with Gasteiger partial charge < -0.3 is 22.4 Å². The van der Waals surface area contributed by atoms with Crippen molar-refractivity contribution < 1.29 is 22.4 Å². The number of aromatic amines is 1. The summed E-state index contributed by atoms with van der Waals surface area (Å²) in [5.74, 6) is -1.31. The fraction of sp³-hybridized carbons (Fsp3) is 0.818. The number of nitrogens with one attached hydrogen (secondary N) is 1. The molecule has 3 aliphatic heterocycles. The van der Waals surface area contributed by atoms with Crippen molar-refractivity contribution in [2.24, 2.45) is 0 Å². The average Bonchev–Trinajstić information content (AvgIpc) is 3.21. The molecule has 2 saturated heterocycles. The summed E-state index contributed by atoms with van der Waals surface area (Å²) in [6.07, 6.45) is -0.430. The molecule has 33 heavy (non-hydrogen) atoms. The molecule has 0 unspecified atom stereocenters. The van der Waals surface area contributed by atoms with Gasteiger partial charge in [0.25, 0.3) is 11.5 Å². The maximum atomic E-state index is 12.7. The third-order valence-corrected chi connectivity index (χ3v) is 17.6. The Kier molecular flexibility index (Phi) is 6.47. The summed E-state index contributed by atoms with van der Waals surface area (Å²) in [7, 11) is -5.47. The molecule has 9 nitrogen and oxygen atoms in total. The number of hydrogen-bond acceptors (Lipinski definition) is 7. The van der Waals surface area contributed by atoms with Crippen LogP contribution in [0.15, 0.2) is 15.7 Å². The molecule has 0 aliphatic carbocycles.